The van der Waals surface area contributed by atoms with Gasteiger partial charge in [-0.3, -0.25) is 4.98 Å². The van der Waals surface area contributed by atoms with E-state index >= 15 is 0 Å². The van der Waals surface area contributed by atoms with Gasteiger partial charge in [-0.1, -0.05) is 12.1 Å². The average molecular weight is 284 g/mol. The summed E-state index contributed by atoms with van der Waals surface area (Å²) < 4.78 is 19.0. The molecule has 0 radical (unpaired) electrons. The molecule has 0 aliphatic heterocycles. The first kappa shape index (κ1) is 13.2. The Kier molecular flexibility index (Phi) is 3.35. The lowest BCUT2D eigenvalue weighted by atomic mass is 10.1. The van der Waals surface area contributed by atoms with Gasteiger partial charge in [-0.25, -0.2) is 4.39 Å². The molecular formula is C15H13FN4O. The molecule has 6 heteroatoms. The summed E-state index contributed by atoms with van der Waals surface area (Å²) >= 11 is 0. The number of nitrogens with zero attached hydrogens (tertiary/aromatic N) is 3. The van der Waals surface area contributed by atoms with Crippen molar-refractivity contribution < 1.29 is 8.91 Å². The van der Waals surface area contributed by atoms with E-state index < -0.39 is 5.82 Å². The number of hydrogen-bond acceptors (Lipinski definition) is 5. The second-order valence-electron chi connectivity index (χ2n) is 4.55. The molecule has 2 heterocycles. The summed E-state index contributed by atoms with van der Waals surface area (Å²) in [6.45, 7) is 2.02. The number of hydrogen-bond donors (Lipinski definition) is 1. The molecule has 0 unspecified atom stereocenters. The highest BCUT2D eigenvalue weighted by Gasteiger charge is 2.16. The Morgan fingerprint density at radius 3 is 2.86 bits per heavy atom. The lowest BCUT2D eigenvalue weighted by molar-refractivity contribution is 0.429. The Morgan fingerprint density at radius 1 is 1.24 bits per heavy atom. The minimum atomic E-state index is -0.490. The third-order valence-corrected chi connectivity index (χ3v) is 3.17. The first-order valence-electron chi connectivity index (χ1n) is 6.51. The number of rotatable bonds is 3. The fourth-order valence-corrected chi connectivity index (χ4v) is 2.07. The van der Waals surface area contributed by atoms with E-state index in [1.807, 2.05) is 13.0 Å². The fraction of sp³-hybridized carbons (Fsp3) is 0.133. The predicted octanol–water partition coefficient (Wildman–Crippen LogP) is 3.08. The van der Waals surface area contributed by atoms with Gasteiger partial charge >= 0.3 is 0 Å². The highest BCUT2D eigenvalue weighted by Crippen LogP contribution is 2.27. The minimum absolute atomic E-state index is 0.126. The van der Waals surface area contributed by atoms with Crippen LogP contribution in [0.2, 0.25) is 0 Å². The molecule has 21 heavy (non-hydrogen) atoms. The molecule has 0 spiro atoms. The van der Waals surface area contributed by atoms with Crippen molar-refractivity contribution in [3.8, 4) is 22.8 Å². The molecule has 0 fully saturated rings. The summed E-state index contributed by atoms with van der Waals surface area (Å²) in [5.41, 5.74) is 7.94. The van der Waals surface area contributed by atoms with Gasteiger partial charge in [-0.2, -0.15) is 4.98 Å². The molecule has 2 N–H and O–H groups in total. The lowest BCUT2D eigenvalue weighted by Gasteiger charge is -2.01. The van der Waals surface area contributed by atoms with Gasteiger partial charge in [0.25, 0.3) is 5.89 Å². The van der Waals surface area contributed by atoms with Crippen LogP contribution in [0.1, 0.15) is 12.5 Å². The lowest BCUT2D eigenvalue weighted by Crippen LogP contribution is -1.91. The zero-order valence-electron chi connectivity index (χ0n) is 11.4. The first-order chi connectivity index (χ1) is 10.2. The molecule has 3 rings (SSSR count). The second-order valence-corrected chi connectivity index (χ2v) is 4.55. The van der Waals surface area contributed by atoms with Gasteiger partial charge in [0.1, 0.15) is 5.82 Å². The Balaban J connectivity index is 2.04. The van der Waals surface area contributed by atoms with Gasteiger partial charge in [0, 0.05) is 23.6 Å². The van der Waals surface area contributed by atoms with Crippen molar-refractivity contribution in [3.63, 3.8) is 0 Å². The van der Waals surface area contributed by atoms with Crippen LogP contribution >= 0.6 is 0 Å². The van der Waals surface area contributed by atoms with Crippen LogP contribution in [0.15, 0.2) is 41.2 Å². The molecule has 2 aromatic heterocycles. The van der Waals surface area contributed by atoms with E-state index in [-0.39, 0.29) is 11.5 Å². The van der Waals surface area contributed by atoms with Crippen molar-refractivity contribution in [1.29, 1.82) is 0 Å². The van der Waals surface area contributed by atoms with Crippen LogP contribution in [-0.4, -0.2) is 15.1 Å². The number of pyridine rings is 1. The minimum Gasteiger partial charge on any atom is -0.399 e. The molecule has 0 aliphatic carbocycles. The summed E-state index contributed by atoms with van der Waals surface area (Å²) in [5.74, 6) is 0.0532. The largest absolute Gasteiger partial charge is 0.399 e. The van der Waals surface area contributed by atoms with Crippen molar-refractivity contribution in [1.82, 2.24) is 15.1 Å². The van der Waals surface area contributed by atoms with Crippen LogP contribution in [0, 0.1) is 5.82 Å². The fourth-order valence-electron chi connectivity index (χ4n) is 2.07. The molecule has 0 atom stereocenters. The van der Waals surface area contributed by atoms with Crippen molar-refractivity contribution >= 4 is 5.69 Å². The number of nitrogens with two attached hydrogens (primary N) is 1. The van der Waals surface area contributed by atoms with Gasteiger partial charge in [0.2, 0.25) is 5.82 Å². The third-order valence-electron chi connectivity index (χ3n) is 3.17. The van der Waals surface area contributed by atoms with E-state index in [1.54, 1.807) is 18.5 Å². The SMILES string of the molecule is CCc1cnccc1-c1noc(-c2ccc(N)cc2F)n1. The highest BCUT2D eigenvalue weighted by atomic mass is 19.1. The normalized spacial score (nSPS) is 10.8. The Bertz CT molecular complexity index is 785. The molecule has 3 aromatic rings. The molecule has 0 bridgehead atoms. The second kappa shape index (κ2) is 5.32. The van der Waals surface area contributed by atoms with Gasteiger partial charge in [-0.15, -0.1) is 0 Å². The summed E-state index contributed by atoms with van der Waals surface area (Å²) in [4.78, 5) is 8.33. The number of halogens is 1. The zero-order chi connectivity index (χ0) is 14.8. The van der Waals surface area contributed by atoms with Crippen molar-refractivity contribution in [2.75, 3.05) is 5.73 Å². The quantitative estimate of drug-likeness (QED) is 0.748. The molecule has 5 nitrogen and oxygen atoms in total. The van der Waals surface area contributed by atoms with Crippen LogP contribution in [0.4, 0.5) is 10.1 Å². The van der Waals surface area contributed by atoms with Crippen molar-refractivity contribution in [2.45, 2.75) is 13.3 Å². The monoisotopic (exact) mass is 284 g/mol. The first-order valence-corrected chi connectivity index (χ1v) is 6.51. The molecule has 0 amide bonds. The van der Waals surface area contributed by atoms with Gasteiger partial charge in [-0.05, 0) is 36.2 Å². The Hall–Kier alpha value is -2.76. The molecule has 0 aliphatic rings. The van der Waals surface area contributed by atoms with E-state index in [1.165, 1.54) is 12.1 Å². The van der Waals surface area contributed by atoms with E-state index in [9.17, 15) is 4.39 Å². The van der Waals surface area contributed by atoms with Crippen LogP contribution < -0.4 is 5.73 Å². The van der Waals surface area contributed by atoms with Gasteiger partial charge in [0.05, 0.1) is 5.56 Å². The number of aryl methyl sites for hydroxylation is 1. The van der Waals surface area contributed by atoms with E-state index in [0.29, 0.717) is 11.5 Å². The summed E-state index contributed by atoms with van der Waals surface area (Å²) in [6.07, 6.45) is 4.22. The maximum atomic E-state index is 13.9. The van der Waals surface area contributed by atoms with Crippen molar-refractivity contribution in [3.05, 3.63) is 48.0 Å². The van der Waals surface area contributed by atoms with Gasteiger partial charge < -0.3 is 10.3 Å². The number of anilines is 1. The molecule has 0 saturated carbocycles. The Labute approximate surface area is 120 Å². The Morgan fingerprint density at radius 2 is 2.10 bits per heavy atom. The predicted molar refractivity (Wildman–Crippen MR) is 76.7 cm³/mol. The van der Waals surface area contributed by atoms with E-state index in [2.05, 4.69) is 15.1 Å². The highest BCUT2D eigenvalue weighted by molar-refractivity contribution is 5.63. The third kappa shape index (κ3) is 2.47. The number of nitrogen functional groups attached to an aromatic ring is 1. The molecule has 106 valence electrons. The standard InChI is InChI=1S/C15H13FN4O/c1-2-9-8-18-6-5-11(9)14-19-15(21-20-14)12-4-3-10(17)7-13(12)16/h3-8H,2,17H2,1H3. The molecule has 1 aromatic carbocycles. The molecule has 0 saturated heterocycles. The van der Waals surface area contributed by atoms with Gasteiger partial charge in [0.15, 0.2) is 0 Å². The topological polar surface area (TPSA) is 77.8 Å². The smallest absolute Gasteiger partial charge is 0.261 e. The van der Waals surface area contributed by atoms with E-state index in [0.717, 1.165) is 17.5 Å². The maximum Gasteiger partial charge on any atom is 0.261 e. The summed E-state index contributed by atoms with van der Waals surface area (Å²) in [5, 5.41) is 3.92. The maximum absolute atomic E-state index is 13.9. The summed E-state index contributed by atoms with van der Waals surface area (Å²) in [7, 11) is 0. The van der Waals surface area contributed by atoms with Crippen LogP contribution in [-0.2, 0) is 6.42 Å². The van der Waals surface area contributed by atoms with Crippen LogP contribution in [0.25, 0.3) is 22.8 Å². The van der Waals surface area contributed by atoms with Crippen molar-refractivity contribution in [2.24, 2.45) is 0 Å². The van der Waals surface area contributed by atoms with Crippen LogP contribution in [0.3, 0.4) is 0 Å². The zero-order valence-corrected chi connectivity index (χ0v) is 11.4. The molecular weight excluding hydrogens is 271 g/mol. The summed E-state index contributed by atoms with van der Waals surface area (Å²) in [6, 6.07) is 6.15. The number of aromatic nitrogens is 3. The van der Waals surface area contributed by atoms with E-state index in [4.69, 9.17) is 10.3 Å². The average Bonchev–Trinajstić information content (AvgIpc) is 2.96. The number of benzene rings is 1. The van der Waals surface area contributed by atoms with Crippen LogP contribution in [0.5, 0.6) is 0 Å².